The molecule has 0 aliphatic carbocycles. The van der Waals surface area contributed by atoms with Crippen molar-refractivity contribution in [3.05, 3.63) is 26.3 Å². The van der Waals surface area contributed by atoms with Gasteiger partial charge < -0.3 is 5.32 Å². The molecule has 0 fully saturated rings. The van der Waals surface area contributed by atoms with Crippen LogP contribution in [0.5, 0.6) is 0 Å². The van der Waals surface area contributed by atoms with Crippen molar-refractivity contribution in [2.24, 2.45) is 0 Å². The minimum absolute atomic E-state index is 0.0264. The molecular weight excluding hydrogens is 310 g/mol. The Labute approximate surface area is 110 Å². The van der Waals surface area contributed by atoms with Gasteiger partial charge in [-0.2, -0.15) is 0 Å². The van der Waals surface area contributed by atoms with Gasteiger partial charge in [0.15, 0.2) is 0 Å². The Bertz CT molecular complexity index is 467. The fourth-order valence-corrected chi connectivity index (χ4v) is 2.02. The zero-order valence-corrected chi connectivity index (χ0v) is 11.8. The minimum atomic E-state index is -0.877. The van der Waals surface area contributed by atoms with Crippen molar-refractivity contribution in [2.75, 3.05) is 23.9 Å². The second kappa shape index (κ2) is 6.06. The largest absolute Gasteiger partial charge is 0.368 e. The number of hydrogen-bond donors (Lipinski definition) is 1. The van der Waals surface area contributed by atoms with Gasteiger partial charge >= 0.3 is 0 Å². The lowest BCUT2D eigenvalue weighted by molar-refractivity contribution is -0.385. The molecule has 1 N–H and O–H groups in total. The molecule has 1 aromatic heterocycles. The van der Waals surface area contributed by atoms with E-state index in [4.69, 9.17) is 0 Å². The van der Waals surface area contributed by atoms with Gasteiger partial charge in [0, 0.05) is 34.9 Å². The number of nitrogens with one attached hydrogen (secondary N) is 1. The first-order valence-electron chi connectivity index (χ1n) is 4.77. The predicted molar refractivity (Wildman–Crippen MR) is 70.8 cm³/mol. The van der Waals surface area contributed by atoms with Gasteiger partial charge in [-0.1, -0.05) is 0 Å². The molecular formula is C9H12BrN3O3S. The Morgan fingerprint density at radius 3 is 2.82 bits per heavy atom. The molecule has 1 atom stereocenters. The molecule has 0 bridgehead atoms. The van der Waals surface area contributed by atoms with E-state index in [1.165, 1.54) is 6.20 Å². The van der Waals surface area contributed by atoms with Gasteiger partial charge in [0.05, 0.1) is 9.40 Å². The smallest absolute Gasteiger partial charge is 0.291 e. The molecule has 0 spiro atoms. The van der Waals surface area contributed by atoms with Gasteiger partial charge in [-0.05, 0) is 22.9 Å². The standard InChI is InChI=1S/C9H12BrN3O3S/c1-6-7(13(14)15)5-12-9(8(6)10)11-3-4-17(2)16/h5H,3-4H2,1-2H3,(H,11,12). The second-order valence-corrected chi connectivity index (χ2v) is 5.74. The van der Waals surface area contributed by atoms with Crippen LogP contribution in [-0.2, 0) is 10.8 Å². The molecule has 0 saturated heterocycles. The first kappa shape index (κ1) is 14.0. The highest BCUT2D eigenvalue weighted by Crippen LogP contribution is 2.30. The van der Waals surface area contributed by atoms with Crippen LogP contribution in [0.3, 0.4) is 0 Å². The molecule has 1 unspecified atom stereocenters. The number of anilines is 1. The summed E-state index contributed by atoms with van der Waals surface area (Å²) in [5, 5.41) is 13.7. The van der Waals surface area contributed by atoms with Crippen LogP contribution in [-0.4, -0.2) is 32.7 Å². The number of aromatic nitrogens is 1. The number of hydrogen-bond acceptors (Lipinski definition) is 5. The van der Waals surface area contributed by atoms with Crippen LogP contribution in [0.15, 0.2) is 10.7 Å². The first-order valence-corrected chi connectivity index (χ1v) is 7.29. The van der Waals surface area contributed by atoms with E-state index in [0.29, 0.717) is 28.2 Å². The molecule has 0 saturated carbocycles. The molecule has 0 aliphatic rings. The monoisotopic (exact) mass is 321 g/mol. The summed E-state index contributed by atoms with van der Waals surface area (Å²) in [6, 6.07) is 0. The highest BCUT2D eigenvalue weighted by Gasteiger charge is 2.16. The Hall–Kier alpha value is -1.02. The lowest BCUT2D eigenvalue weighted by Gasteiger charge is -2.08. The molecule has 0 amide bonds. The Morgan fingerprint density at radius 1 is 1.65 bits per heavy atom. The highest BCUT2D eigenvalue weighted by molar-refractivity contribution is 9.10. The zero-order valence-electron chi connectivity index (χ0n) is 9.40. The second-order valence-electron chi connectivity index (χ2n) is 3.39. The maximum Gasteiger partial charge on any atom is 0.291 e. The normalized spacial score (nSPS) is 12.2. The Balaban J connectivity index is 2.85. The Morgan fingerprint density at radius 2 is 2.29 bits per heavy atom. The molecule has 17 heavy (non-hydrogen) atoms. The van der Waals surface area contributed by atoms with E-state index in [9.17, 15) is 14.3 Å². The van der Waals surface area contributed by atoms with E-state index in [1.807, 2.05) is 0 Å². The van der Waals surface area contributed by atoms with Gasteiger partial charge in [0.25, 0.3) is 5.69 Å². The van der Waals surface area contributed by atoms with Crippen LogP contribution in [0.25, 0.3) is 0 Å². The fraction of sp³-hybridized carbons (Fsp3) is 0.444. The third-order valence-electron chi connectivity index (χ3n) is 2.12. The molecule has 0 aliphatic heterocycles. The third-order valence-corrected chi connectivity index (χ3v) is 3.87. The number of nitrogens with zero attached hydrogens (tertiary/aromatic N) is 2. The van der Waals surface area contributed by atoms with Crippen LogP contribution in [0.4, 0.5) is 11.5 Å². The molecule has 6 nitrogen and oxygen atoms in total. The average Bonchev–Trinajstić information content (AvgIpc) is 2.23. The van der Waals surface area contributed by atoms with E-state index < -0.39 is 15.7 Å². The van der Waals surface area contributed by atoms with Crippen molar-refractivity contribution in [1.29, 1.82) is 0 Å². The summed E-state index contributed by atoms with van der Waals surface area (Å²) in [7, 11) is -0.877. The molecule has 0 radical (unpaired) electrons. The lowest BCUT2D eigenvalue weighted by atomic mass is 10.2. The average molecular weight is 322 g/mol. The number of halogens is 1. The summed E-state index contributed by atoms with van der Waals surface area (Å²) in [6.45, 7) is 2.15. The van der Waals surface area contributed by atoms with Crippen molar-refractivity contribution in [2.45, 2.75) is 6.92 Å². The van der Waals surface area contributed by atoms with Crippen LogP contribution >= 0.6 is 15.9 Å². The summed E-state index contributed by atoms with van der Waals surface area (Å²) in [5.74, 6) is 1.03. The van der Waals surface area contributed by atoms with Crippen LogP contribution < -0.4 is 5.32 Å². The van der Waals surface area contributed by atoms with Crippen molar-refractivity contribution in [3.63, 3.8) is 0 Å². The van der Waals surface area contributed by atoms with E-state index in [1.54, 1.807) is 13.2 Å². The fourth-order valence-electron chi connectivity index (χ4n) is 1.19. The van der Waals surface area contributed by atoms with E-state index in [2.05, 4.69) is 26.2 Å². The van der Waals surface area contributed by atoms with Gasteiger partial charge in [0.2, 0.25) is 0 Å². The van der Waals surface area contributed by atoms with Crippen LogP contribution in [0, 0.1) is 17.0 Å². The summed E-state index contributed by atoms with van der Waals surface area (Å²) in [6.07, 6.45) is 2.83. The molecule has 8 heteroatoms. The van der Waals surface area contributed by atoms with Gasteiger partial charge in [0.1, 0.15) is 12.0 Å². The van der Waals surface area contributed by atoms with E-state index >= 15 is 0 Å². The summed E-state index contributed by atoms with van der Waals surface area (Å²) < 4.78 is 11.4. The SMILES string of the molecule is Cc1c([N+](=O)[O-])cnc(NCCS(C)=O)c1Br. The van der Waals surface area contributed by atoms with E-state index in [0.717, 1.165) is 0 Å². The lowest BCUT2D eigenvalue weighted by Crippen LogP contribution is -2.11. The first-order chi connectivity index (χ1) is 7.93. The minimum Gasteiger partial charge on any atom is -0.368 e. The third kappa shape index (κ3) is 3.74. The van der Waals surface area contributed by atoms with Crippen molar-refractivity contribution < 1.29 is 9.13 Å². The van der Waals surface area contributed by atoms with Crippen LogP contribution in [0.1, 0.15) is 5.56 Å². The summed E-state index contributed by atoms with van der Waals surface area (Å²) in [4.78, 5) is 14.2. The number of nitro groups is 1. The van der Waals surface area contributed by atoms with Crippen LogP contribution in [0.2, 0.25) is 0 Å². The topological polar surface area (TPSA) is 85.1 Å². The number of rotatable bonds is 5. The molecule has 1 aromatic rings. The van der Waals surface area contributed by atoms with Crippen molar-refractivity contribution >= 4 is 38.2 Å². The molecule has 94 valence electrons. The maximum atomic E-state index is 10.9. The molecule has 1 rings (SSSR count). The van der Waals surface area contributed by atoms with Crippen molar-refractivity contribution in [1.82, 2.24) is 4.98 Å². The summed E-state index contributed by atoms with van der Waals surface area (Å²) in [5.41, 5.74) is 0.492. The molecule has 1 heterocycles. The predicted octanol–water partition coefficient (Wildman–Crippen LogP) is 1.85. The Kier molecular flexibility index (Phi) is 5.01. The van der Waals surface area contributed by atoms with Gasteiger partial charge in [-0.15, -0.1) is 0 Å². The van der Waals surface area contributed by atoms with E-state index in [-0.39, 0.29) is 5.69 Å². The quantitative estimate of drug-likeness (QED) is 0.660. The molecule has 0 aromatic carbocycles. The summed E-state index contributed by atoms with van der Waals surface area (Å²) >= 11 is 3.26. The highest BCUT2D eigenvalue weighted by atomic mass is 79.9. The maximum absolute atomic E-state index is 10.9. The van der Waals surface area contributed by atoms with Gasteiger partial charge in [-0.25, -0.2) is 4.98 Å². The zero-order chi connectivity index (χ0) is 13.0. The van der Waals surface area contributed by atoms with Crippen molar-refractivity contribution in [3.8, 4) is 0 Å². The van der Waals surface area contributed by atoms with Gasteiger partial charge in [-0.3, -0.25) is 14.3 Å². The number of pyridine rings is 1.